The van der Waals surface area contributed by atoms with Gasteiger partial charge in [0, 0.05) is 12.5 Å². The van der Waals surface area contributed by atoms with Gasteiger partial charge in [-0.3, -0.25) is 0 Å². The first-order chi connectivity index (χ1) is 15.3. The van der Waals surface area contributed by atoms with Crippen LogP contribution in [0, 0.1) is 0 Å². The molecule has 1 N–H and O–H groups in total. The Hall–Kier alpha value is -3.44. The second kappa shape index (κ2) is 8.74. The minimum atomic E-state index is -0.374. The van der Waals surface area contributed by atoms with Gasteiger partial charge < -0.3 is 10.1 Å². The SMILES string of the molecule is O=C(NCCC=Cc1ccc2ncsc2c1)OCC1c2ccccc2-c2ccccc21. The van der Waals surface area contributed by atoms with E-state index in [1.54, 1.807) is 11.3 Å². The molecule has 1 aromatic heterocycles. The number of rotatable bonds is 6. The zero-order chi connectivity index (χ0) is 21.0. The maximum Gasteiger partial charge on any atom is 0.407 e. The van der Waals surface area contributed by atoms with E-state index in [0.29, 0.717) is 13.2 Å². The highest BCUT2D eigenvalue weighted by Crippen LogP contribution is 2.44. The van der Waals surface area contributed by atoms with Crippen molar-refractivity contribution in [2.24, 2.45) is 0 Å². The lowest BCUT2D eigenvalue weighted by Crippen LogP contribution is -2.26. The van der Waals surface area contributed by atoms with Gasteiger partial charge in [0.25, 0.3) is 0 Å². The predicted molar refractivity (Wildman–Crippen MR) is 126 cm³/mol. The maximum absolute atomic E-state index is 12.2. The molecule has 0 bridgehead atoms. The van der Waals surface area contributed by atoms with E-state index in [2.05, 4.69) is 71.0 Å². The average Bonchev–Trinajstić information content (AvgIpc) is 3.40. The summed E-state index contributed by atoms with van der Waals surface area (Å²) in [7, 11) is 0. The van der Waals surface area contributed by atoms with Crippen molar-refractivity contribution < 1.29 is 9.53 Å². The molecule has 0 atom stereocenters. The van der Waals surface area contributed by atoms with Crippen molar-refractivity contribution in [2.45, 2.75) is 12.3 Å². The normalized spacial score (nSPS) is 12.8. The number of alkyl carbamates (subject to hydrolysis) is 1. The second-order valence-corrected chi connectivity index (χ2v) is 8.41. The smallest absolute Gasteiger partial charge is 0.407 e. The van der Waals surface area contributed by atoms with E-state index in [-0.39, 0.29) is 12.0 Å². The van der Waals surface area contributed by atoms with E-state index >= 15 is 0 Å². The fourth-order valence-corrected chi connectivity index (χ4v) is 4.83. The minimum absolute atomic E-state index is 0.0831. The van der Waals surface area contributed by atoms with Crippen LogP contribution in [0.3, 0.4) is 0 Å². The van der Waals surface area contributed by atoms with Gasteiger partial charge in [0.1, 0.15) is 6.61 Å². The Balaban J connectivity index is 1.12. The van der Waals surface area contributed by atoms with Crippen LogP contribution in [0.4, 0.5) is 4.79 Å². The average molecular weight is 427 g/mol. The quantitative estimate of drug-likeness (QED) is 0.371. The number of carbonyl (C=O) groups is 1. The van der Waals surface area contributed by atoms with Crippen LogP contribution in [0.15, 0.2) is 78.3 Å². The van der Waals surface area contributed by atoms with Gasteiger partial charge in [-0.2, -0.15) is 0 Å². The number of amides is 1. The van der Waals surface area contributed by atoms with E-state index in [1.807, 2.05) is 23.7 Å². The third-order valence-corrected chi connectivity index (χ3v) is 6.38. The molecule has 0 saturated heterocycles. The molecule has 0 spiro atoms. The van der Waals surface area contributed by atoms with Crippen LogP contribution >= 0.6 is 11.3 Å². The molecule has 4 aromatic rings. The number of hydrogen-bond donors (Lipinski definition) is 1. The van der Waals surface area contributed by atoms with Crippen LogP contribution < -0.4 is 5.32 Å². The van der Waals surface area contributed by atoms with Gasteiger partial charge in [0.05, 0.1) is 15.7 Å². The van der Waals surface area contributed by atoms with Crippen LogP contribution in [0.2, 0.25) is 0 Å². The van der Waals surface area contributed by atoms with Gasteiger partial charge in [-0.1, -0.05) is 66.7 Å². The molecule has 0 saturated carbocycles. The Morgan fingerprint density at radius 2 is 1.77 bits per heavy atom. The van der Waals surface area contributed by atoms with E-state index in [0.717, 1.165) is 17.5 Å². The Kier molecular flexibility index (Phi) is 5.50. The highest BCUT2D eigenvalue weighted by Gasteiger charge is 2.28. The molecule has 31 heavy (non-hydrogen) atoms. The van der Waals surface area contributed by atoms with Crippen LogP contribution in [0.5, 0.6) is 0 Å². The minimum Gasteiger partial charge on any atom is -0.449 e. The Labute approximate surface area is 185 Å². The fraction of sp³-hybridized carbons (Fsp3) is 0.154. The molecule has 0 fully saturated rings. The monoisotopic (exact) mass is 426 g/mol. The molecule has 0 unspecified atom stereocenters. The molecule has 4 nitrogen and oxygen atoms in total. The zero-order valence-electron chi connectivity index (χ0n) is 17.0. The lowest BCUT2D eigenvalue weighted by atomic mass is 9.98. The molecule has 1 aliphatic rings. The molecule has 1 aliphatic carbocycles. The molecule has 0 aliphatic heterocycles. The lowest BCUT2D eigenvalue weighted by Gasteiger charge is -2.14. The molecule has 5 rings (SSSR count). The van der Waals surface area contributed by atoms with E-state index in [4.69, 9.17) is 4.74 Å². The number of benzene rings is 3. The molecular weight excluding hydrogens is 404 g/mol. The third-order valence-electron chi connectivity index (χ3n) is 5.59. The summed E-state index contributed by atoms with van der Waals surface area (Å²) in [6, 6.07) is 22.9. The standard InChI is InChI=1S/C26H22N2O2S/c29-26(27-14-6-5-7-18-12-13-24-25(15-18)31-17-28-24)30-16-23-21-10-3-1-8-19(21)20-9-2-4-11-22(20)23/h1-5,7-13,15,17,23H,6,14,16H2,(H,27,29). The summed E-state index contributed by atoms with van der Waals surface area (Å²) >= 11 is 1.64. The first-order valence-corrected chi connectivity index (χ1v) is 11.3. The van der Waals surface area contributed by atoms with Gasteiger partial charge in [0.15, 0.2) is 0 Å². The van der Waals surface area contributed by atoms with Crippen molar-refractivity contribution in [1.82, 2.24) is 10.3 Å². The van der Waals surface area contributed by atoms with E-state index in [9.17, 15) is 4.79 Å². The third kappa shape index (κ3) is 4.09. The van der Waals surface area contributed by atoms with Crippen molar-refractivity contribution in [3.05, 3.63) is 95.0 Å². The van der Waals surface area contributed by atoms with E-state index < -0.39 is 0 Å². The van der Waals surface area contributed by atoms with Crippen molar-refractivity contribution in [1.29, 1.82) is 0 Å². The molecule has 1 heterocycles. The first-order valence-electron chi connectivity index (χ1n) is 10.4. The number of nitrogens with one attached hydrogen (secondary N) is 1. The van der Waals surface area contributed by atoms with Crippen LogP contribution in [-0.2, 0) is 4.74 Å². The summed E-state index contributed by atoms with van der Waals surface area (Å²) in [6.45, 7) is 0.876. The summed E-state index contributed by atoms with van der Waals surface area (Å²) in [4.78, 5) is 16.5. The number of hydrogen-bond acceptors (Lipinski definition) is 4. The number of thiazole rings is 1. The van der Waals surface area contributed by atoms with Gasteiger partial charge in [-0.25, -0.2) is 9.78 Å². The Morgan fingerprint density at radius 3 is 2.55 bits per heavy atom. The second-order valence-electron chi connectivity index (χ2n) is 7.52. The van der Waals surface area contributed by atoms with Crippen molar-refractivity contribution in [3.8, 4) is 11.1 Å². The molecule has 3 aromatic carbocycles. The Morgan fingerprint density at radius 1 is 1.03 bits per heavy atom. The summed E-state index contributed by atoms with van der Waals surface area (Å²) < 4.78 is 6.74. The first kappa shape index (κ1) is 19.5. The Bertz CT molecular complexity index is 1220. The summed E-state index contributed by atoms with van der Waals surface area (Å²) in [5.74, 6) is 0.0831. The fourth-order valence-electron chi connectivity index (χ4n) is 4.10. The van der Waals surface area contributed by atoms with Crippen molar-refractivity contribution >= 4 is 33.7 Å². The topological polar surface area (TPSA) is 51.2 Å². The van der Waals surface area contributed by atoms with Gasteiger partial charge >= 0.3 is 6.09 Å². The van der Waals surface area contributed by atoms with Crippen LogP contribution in [0.1, 0.15) is 29.0 Å². The van der Waals surface area contributed by atoms with Gasteiger partial charge in [-0.15, -0.1) is 11.3 Å². The highest BCUT2D eigenvalue weighted by atomic mass is 32.1. The van der Waals surface area contributed by atoms with Crippen LogP contribution in [-0.4, -0.2) is 24.2 Å². The molecular formula is C26H22N2O2S. The van der Waals surface area contributed by atoms with Crippen molar-refractivity contribution in [3.63, 3.8) is 0 Å². The van der Waals surface area contributed by atoms with Crippen LogP contribution in [0.25, 0.3) is 27.4 Å². The lowest BCUT2D eigenvalue weighted by molar-refractivity contribution is 0.143. The molecule has 1 amide bonds. The number of ether oxygens (including phenoxy) is 1. The summed E-state index contributed by atoms with van der Waals surface area (Å²) in [6.07, 6.45) is 4.50. The highest BCUT2D eigenvalue weighted by molar-refractivity contribution is 7.16. The van der Waals surface area contributed by atoms with Gasteiger partial charge in [0.2, 0.25) is 0 Å². The number of aromatic nitrogens is 1. The number of fused-ring (bicyclic) bond motifs is 4. The molecule has 154 valence electrons. The largest absolute Gasteiger partial charge is 0.449 e. The zero-order valence-corrected chi connectivity index (χ0v) is 17.8. The predicted octanol–water partition coefficient (Wildman–Crippen LogP) is 6.24. The van der Waals surface area contributed by atoms with Gasteiger partial charge in [-0.05, 0) is 46.4 Å². The summed E-state index contributed by atoms with van der Waals surface area (Å²) in [5, 5.41) is 2.85. The van der Waals surface area contributed by atoms with E-state index in [1.165, 1.54) is 27.0 Å². The van der Waals surface area contributed by atoms with Crippen molar-refractivity contribution in [2.75, 3.05) is 13.2 Å². The molecule has 0 radical (unpaired) electrons. The number of nitrogens with zero attached hydrogens (tertiary/aromatic N) is 1. The number of carbonyl (C=O) groups excluding carboxylic acids is 1. The summed E-state index contributed by atoms with van der Waals surface area (Å²) in [5.41, 5.74) is 8.92. The maximum atomic E-state index is 12.2. The molecule has 5 heteroatoms.